The summed E-state index contributed by atoms with van der Waals surface area (Å²) in [7, 11) is -0.922. The van der Waals surface area contributed by atoms with Crippen molar-refractivity contribution in [1.29, 1.82) is 0 Å². The molecular formula is C11H24N2O2S. The van der Waals surface area contributed by atoms with Crippen molar-refractivity contribution >= 4 is 10.0 Å². The van der Waals surface area contributed by atoms with Crippen LogP contribution in [0.25, 0.3) is 0 Å². The molecule has 1 heterocycles. The quantitative estimate of drug-likeness (QED) is 0.718. The van der Waals surface area contributed by atoms with E-state index in [1.54, 1.807) is 13.8 Å². The van der Waals surface area contributed by atoms with Gasteiger partial charge in [0.05, 0.1) is 5.25 Å². The third-order valence-corrected chi connectivity index (χ3v) is 5.16. The van der Waals surface area contributed by atoms with Gasteiger partial charge in [-0.1, -0.05) is 0 Å². The summed E-state index contributed by atoms with van der Waals surface area (Å²) in [5.74, 6) is 0. The van der Waals surface area contributed by atoms with Crippen molar-refractivity contribution in [3.05, 3.63) is 0 Å². The molecule has 0 aromatic heterocycles. The monoisotopic (exact) mass is 248 g/mol. The lowest BCUT2D eigenvalue weighted by Crippen LogP contribution is -2.32. The van der Waals surface area contributed by atoms with Crippen molar-refractivity contribution < 1.29 is 8.42 Å². The molecule has 0 radical (unpaired) electrons. The first-order chi connectivity index (χ1) is 7.43. The number of nitrogens with one attached hydrogen (secondary N) is 1. The summed E-state index contributed by atoms with van der Waals surface area (Å²) in [6.45, 7) is 5.16. The van der Waals surface area contributed by atoms with Gasteiger partial charge in [-0.3, -0.25) is 0 Å². The van der Waals surface area contributed by atoms with E-state index in [4.69, 9.17) is 0 Å². The molecule has 1 N–H and O–H groups in total. The zero-order valence-electron chi connectivity index (χ0n) is 10.6. The average molecular weight is 248 g/mol. The maximum atomic E-state index is 11.5. The minimum Gasteiger partial charge on any atom is -0.303 e. The fourth-order valence-electron chi connectivity index (χ4n) is 2.06. The highest BCUT2D eigenvalue weighted by Crippen LogP contribution is 2.18. The average Bonchev–Trinajstić information content (AvgIpc) is 2.59. The van der Waals surface area contributed by atoms with Crippen LogP contribution in [0.5, 0.6) is 0 Å². The molecule has 1 atom stereocenters. The van der Waals surface area contributed by atoms with Gasteiger partial charge in [-0.2, -0.15) is 0 Å². The van der Waals surface area contributed by atoms with Gasteiger partial charge in [-0.05, 0) is 53.1 Å². The second kappa shape index (κ2) is 5.98. The molecule has 0 amide bonds. The van der Waals surface area contributed by atoms with Gasteiger partial charge < -0.3 is 4.90 Å². The molecular weight excluding hydrogens is 224 g/mol. The molecule has 1 fully saturated rings. The van der Waals surface area contributed by atoms with E-state index >= 15 is 0 Å². The number of nitrogens with zero attached hydrogens (tertiary/aromatic N) is 1. The van der Waals surface area contributed by atoms with Crippen LogP contribution >= 0.6 is 0 Å². The fourth-order valence-corrected chi connectivity index (χ4v) is 2.82. The lowest BCUT2D eigenvalue weighted by atomic mass is 10.1. The van der Waals surface area contributed by atoms with Crippen LogP contribution in [-0.2, 0) is 10.0 Å². The lowest BCUT2D eigenvalue weighted by molar-refractivity contribution is 0.292. The van der Waals surface area contributed by atoms with Crippen LogP contribution in [0.4, 0.5) is 0 Å². The number of likely N-dealkylation sites (tertiary alicyclic amines) is 1. The molecule has 0 aromatic carbocycles. The highest BCUT2D eigenvalue weighted by Gasteiger charge is 2.20. The van der Waals surface area contributed by atoms with E-state index in [9.17, 15) is 8.42 Å². The third-order valence-electron chi connectivity index (χ3n) is 3.31. The van der Waals surface area contributed by atoms with Gasteiger partial charge in [0, 0.05) is 12.6 Å². The van der Waals surface area contributed by atoms with Gasteiger partial charge in [0.1, 0.15) is 0 Å². The second-order valence-corrected chi connectivity index (χ2v) is 7.23. The highest BCUT2D eigenvalue weighted by atomic mass is 32.2. The standard InChI is InChI=1S/C11H24N2O2S/c1-10(2)16(14,15)12-8-4-6-11-7-5-9-13(11)3/h10-12H,4-9H2,1-3H3. The maximum Gasteiger partial charge on any atom is 0.213 e. The van der Waals surface area contributed by atoms with Crippen LogP contribution in [0.3, 0.4) is 0 Å². The van der Waals surface area contributed by atoms with Gasteiger partial charge in [-0.15, -0.1) is 0 Å². The number of sulfonamides is 1. The first-order valence-electron chi connectivity index (χ1n) is 6.12. The molecule has 5 heteroatoms. The number of hydrogen-bond acceptors (Lipinski definition) is 3. The molecule has 96 valence electrons. The van der Waals surface area contributed by atoms with Gasteiger partial charge in [-0.25, -0.2) is 13.1 Å². The summed E-state index contributed by atoms with van der Waals surface area (Å²) in [6, 6.07) is 0.656. The van der Waals surface area contributed by atoms with Gasteiger partial charge in [0.2, 0.25) is 10.0 Å². The second-order valence-electron chi connectivity index (χ2n) is 4.91. The van der Waals surface area contributed by atoms with Gasteiger partial charge >= 0.3 is 0 Å². The summed E-state index contributed by atoms with van der Waals surface area (Å²) >= 11 is 0. The number of hydrogen-bond donors (Lipinski definition) is 1. The van der Waals surface area contributed by atoms with Crippen LogP contribution in [0, 0.1) is 0 Å². The van der Waals surface area contributed by atoms with Crippen molar-refractivity contribution in [2.24, 2.45) is 0 Å². The SMILES string of the molecule is CC(C)S(=O)(=O)NCCCC1CCCN1C. The molecule has 0 saturated carbocycles. The lowest BCUT2D eigenvalue weighted by Gasteiger charge is -2.19. The minimum absolute atomic E-state index is 0.332. The van der Waals surface area contributed by atoms with Crippen molar-refractivity contribution in [2.75, 3.05) is 20.1 Å². The Morgan fingerprint density at radius 3 is 2.62 bits per heavy atom. The van der Waals surface area contributed by atoms with E-state index in [1.165, 1.54) is 19.4 Å². The van der Waals surface area contributed by atoms with Crippen LogP contribution in [-0.4, -0.2) is 44.7 Å². The van der Waals surface area contributed by atoms with Crippen molar-refractivity contribution in [2.45, 2.75) is 50.8 Å². The highest BCUT2D eigenvalue weighted by molar-refractivity contribution is 7.90. The van der Waals surface area contributed by atoms with E-state index in [1.807, 2.05) is 0 Å². The fraction of sp³-hybridized carbons (Fsp3) is 1.00. The van der Waals surface area contributed by atoms with Crippen LogP contribution < -0.4 is 4.72 Å². The normalized spacial score (nSPS) is 23.1. The predicted octanol–water partition coefficient (Wildman–Crippen LogP) is 1.19. The summed E-state index contributed by atoms with van der Waals surface area (Å²) in [5.41, 5.74) is 0. The first-order valence-corrected chi connectivity index (χ1v) is 7.67. The molecule has 1 rings (SSSR count). The molecule has 0 spiro atoms. The van der Waals surface area contributed by atoms with Crippen LogP contribution in [0.15, 0.2) is 0 Å². The Labute approximate surface area is 99.5 Å². The Bertz CT molecular complexity index is 301. The molecule has 1 aliphatic rings. The zero-order chi connectivity index (χ0) is 12.2. The van der Waals surface area contributed by atoms with Crippen LogP contribution in [0.2, 0.25) is 0 Å². The molecule has 0 aromatic rings. The molecule has 1 aliphatic heterocycles. The van der Waals surface area contributed by atoms with Crippen molar-refractivity contribution in [3.8, 4) is 0 Å². The van der Waals surface area contributed by atoms with E-state index in [0.717, 1.165) is 12.8 Å². The number of rotatable bonds is 6. The molecule has 4 nitrogen and oxygen atoms in total. The summed E-state index contributed by atoms with van der Waals surface area (Å²) in [5, 5.41) is -0.332. The summed E-state index contributed by atoms with van der Waals surface area (Å²) < 4.78 is 25.6. The molecule has 1 saturated heterocycles. The van der Waals surface area contributed by atoms with E-state index < -0.39 is 10.0 Å². The largest absolute Gasteiger partial charge is 0.303 e. The Kier molecular flexibility index (Phi) is 5.21. The first kappa shape index (κ1) is 13.9. The van der Waals surface area contributed by atoms with E-state index in [0.29, 0.717) is 12.6 Å². The Morgan fingerprint density at radius 2 is 2.12 bits per heavy atom. The van der Waals surface area contributed by atoms with Gasteiger partial charge in [0.15, 0.2) is 0 Å². The minimum atomic E-state index is -3.07. The van der Waals surface area contributed by atoms with Crippen LogP contribution in [0.1, 0.15) is 39.5 Å². The predicted molar refractivity (Wildman–Crippen MR) is 66.9 cm³/mol. The topological polar surface area (TPSA) is 49.4 Å². The smallest absolute Gasteiger partial charge is 0.213 e. The molecule has 0 bridgehead atoms. The van der Waals surface area contributed by atoms with E-state index in [2.05, 4.69) is 16.7 Å². The van der Waals surface area contributed by atoms with Gasteiger partial charge in [0.25, 0.3) is 0 Å². The van der Waals surface area contributed by atoms with E-state index in [-0.39, 0.29) is 5.25 Å². The Balaban J connectivity index is 2.17. The molecule has 1 unspecified atom stereocenters. The van der Waals surface area contributed by atoms with Crippen molar-refractivity contribution in [3.63, 3.8) is 0 Å². The third kappa shape index (κ3) is 4.03. The Hall–Kier alpha value is -0.130. The Morgan fingerprint density at radius 1 is 1.44 bits per heavy atom. The molecule has 0 aliphatic carbocycles. The molecule has 16 heavy (non-hydrogen) atoms. The zero-order valence-corrected chi connectivity index (χ0v) is 11.4. The maximum absolute atomic E-state index is 11.5. The van der Waals surface area contributed by atoms with Crippen molar-refractivity contribution in [1.82, 2.24) is 9.62 Å². The summed E-state index contributed by atoms with van der Waals surface area (Å²) in [4.78, 5) is 2.37. The summed E-state index contributed by atoms with van der Waals surface area (Å²) in [6.07, 6.45) is 4.56.